The van der Waals surface area contributed by atoms with Crippen LogP contribution in [0.4, 0.5) is 0 Å². The molecule has 2 aromatic carbocycles. The van der Waals surface area contributed by atoms with Gasteiger partial charge in [-0.25, -0.2) is 0 Å². The predicted octanol–water partition coefficient (Wildman–Crippen LogP) is 4.10. The van der Waals surface area contributed by atoms with Crippen LogP contribution in [0.5, 0.6) is 17.2 Å². The highest BCUT2D eigenvalue weighted by Gasteiger charge is 2.15. The van der Waals surface area contributed by atoms with Gasteiger partial charge in [-0.05, 0) is 43.2 Å². The fourth-order valence-electron chi connectivity index (χ4n) is 2.16. The van der Waals surface area contributed by atoms with Gasteiger partial charge in [-0.1, -0.05) is 25.1 Å². The minimum atomic E-state index is -0.657. The molecule has 0 heterocycles. The minimum absolute atomic E-state index is 0.618. The SMILES string of the molecule is CCc1cccc(Oc2cccc(OC)c2[C@@H](C)O)c1. The molecule has 0 saturated carbocycles. The van der Waals surface area contributed by atoms with Gasteiger partial charge in [-0.3, -0.25) is 0 Å². The summed E-state index contributed by atoms with van der Waals surface area (Å²) in [4.78, 5) is 0. The number of hydrogen-bond acceptors (Lipinski definition) is 3. The van der Waals surface area contributed by atoms with Crippen LogP contribution in [0.25, 0.3) is 0 Å². The molecular formula is C17H20O3. The van der Waals surface area contributed by atoms with Gasteiger partial charge >= 0.3 is 0 Å². The van der Waals surface area contributed by atoms with Crippen molar-refractivity contribution in [1.29, 1.82) is 0 Å². The highest BCUT2D eigenvalue weighted by molar-refractivity contribution is 5.48. The summed E-state index contributed by atoms with van der Waals surface area (Å²) in [5.74, 6) is 2.01. The number of methoxy groups -OCH3 is 1. The third-order valence-corrected chi connectivity index (χ3v) is 3.20. The first-order valence-corrected chi connectivity index (χ1v) is 6.77. The van der Waals surface area contributed by atoms with Crippen LogP contribution >= 0.6 is 0 Å². The molecule has 0 aliphatic carbocycles. The molecule has 106 valence electrons. The molecule has 0 aliphatic rings. The van der Waals surface area contributed by atoms with Crippen LogP contribution in [0.2, 0.25) is 0 Å². The fourth-order valence-corrected chi connectivity index (χ4v) is 2.16. The second-order valence-corrected chi connectivity index (χ2v) is 4.65. The van der Waals surface area contributed by atoms with Gasteiger partial charge in [0.25, 0.3) is 0 Å². The molecule has 1 N–H and O–H groups in total. The zero-order valence-electron chi connectivity index (χ0n) is 12.1. The van der Waals surface area contributed by atoms with E-state index < -0.39 is 6.10 Å². The maximum Gasteiger partial charge on any atom is 0.136 e. The van der Waals surface area contributed by atoms with Crippen molar-refractivity contribution in [2.75, 3.05) is 7.11 Å². The number of ether oxygens (including phenoxy) is 2. The van der Waals surface area contributed by atoms with Crippen LogP contribution < -0.4 is 9.47 Å². The standard InChI is InChI=1S/C17H20O3/c1-4-13-7-5-8-14(11-13)20-16-10-6-9-15(19-3)17(16)12(2)18/h5-12,18H,4H2,1-3H3/t12-/m1/s1. The average molecular weight is 272 g/mol. The average Bonchev–Trinajstić information content (AvgIpc) is 2.46. The van der Waals surface area contributed by atoms with Crippen molar-refractivity contribution in [3.8, 4) is 17.2 Å². The third-order valence-electron chi connectivity index (χ3n) is 3.20. The van der Waals surface area contributed by atoms with E-state index in [0.29, 0.717) is 17.1 Å². The zero-order chi connectivity index (χ0) is 14.5. The Morgan fingerprint density at radius 1 is 1.10 bits per heavy atom. The van der Waals surface area contributed by atoms with E-state index in [4.69, 9.17) is 9.47 Å². The molecule has 0 bridgehead atoms. The molecule has 20 heavy (non-hydrogen) atoms. The van der Waals surface area contributed by atoms with E-state index in [2.05, 4.69) is 13.0 Å². The van der Waals surface area contributed by atoms with Crippen molar-refractivity contribution in [3.05, 3.63) is 53.6 Å². The Balaban J connectivity index is 2.37. The number of aliphatic hydroxyl groups excluding tert-OH is 1. The van der Waals surface area contributed by atoms with Gasteiger partial charge in [0.15, 0.2) is 0 Å². The highest BCUT2D eigenvalue weighted by atomic mass is 16.5. The number of hydrogen-bond donors (Lipinski definition) is 1. The topological polar surface area (TPSA) is 38.7 Å². The molecule has 0 aliphatic heterocycles. The lowest BCUT2D eigenvalue weighted by Crippen LogP contribution is -2.00. The van der Waals surface area contributed by atoms with E-state index in [9.17, 15) is 5.11 Å². The van der Waals surface area contributed by atoms with E-state index in [-0.39, 0.29) is 0 Å². The third kappa shape index (κ3) is 3.11. The van der Waals surface area contributed by atoms with Gasteiger partial charge in [0, 0.05) is 0 Å². The molecule has 1 atom stereocenters. The fraction of sp³-hybridized carbons (Fsp3) is 0.294. The van der Waals surface area contributed by atoms with Crippen LogP contribution in [0.1, 0.15) is 31.1 Å². The van der Waals surface area contributed by atoms with Crippen molar-refractivity contribution in [1.82, 2.24) is 0 Å². The molecule has 0 fully saturated rings. The van der Waals surface area contributed by atoms with E-state index in [1.54, 1.807) is 14.0 Å². The summed E-state index contributed by atoms with van der Waals surface area (Å²) in [6.45, 7) is 3.80. The first kappa shape index (κ1) is 14.4. The van der Waals surface area contributed by atoms with Gasteiger partial charge in [0.1, 0.15) is 17.2 Å². The summed E-state index contributed by atoms with van der Waals surface area (Å²) in [5.41, 5.74) is 1.88. The number of aryl methyl sites for hydroxylation is 1. The molecule has 2 rings (SSSR count). The lowest BCUT2D eigenvalue weighted by atomic mass is 10.1. The number of rotatable bonds is 5. The molecular weight excluding hydrogens is 252 g/mol. The van der Waals surface area contributed by atoms with Crippen molar-refractivity contribution in [2.45, 2.75) is 26.4 Å². The van der Waals surface area contributed by atoms with E-state index in [1.807, 2.05) is 36.4 Å². The predicted molar refractivity (Wildman–Crippen MR) is 79.5 cm³/mol. The lowest BCUT2D eigenvalue weighted by Gasteiger charge is -2.16. The summed E-state index contributed by atoms with van der Waals surface area (Å²) in [6, 6.07) is 13.4. The maximum atomic E-state index is 9.94. The number of benzene rings is 2. The molecule has 0 radical (unpaired) electrons. The van der Waals surface area contributed by atoms with Gasteiger partial charge in [0.2, 0.25) is 0 Å². The zero-order valence-corrected chi connectivity index (χ0v) is 12.1. The molecule has 0 spiro atoms. The van der Waals surface area contributed by atoms with Gasteiger partial charge in [0.05, 0.1) is 18.8 Å². The van der Waals surface area contributed by atoms with Gasteiger partial charge in [-0.15, -0.1) is 0 Å². The quantitative estimate of drug-likeness (QED) is 0.890. The molecule has 0 unspecified atom stereocenters. The summed E-state index contributed by atoms with van der Waals surface area (Å²) >= 11 is 0. The normalized spacial score (nSPS) is 12.0. The lowest BCUT2D eigenvalue weighted by molar-refractivity contribution is 0.190. The van der Waals surface area contributed by atoms with E-state index in [1.165, 1.54) is 5.56 Å². The minimum Gasteiger partial charge on any atom is -0.496 e. The first-order chi connectivity index (χ1) is 9.65. The Hall–Kier alpha value is -2.00. The molecule has 0 aromatic heterocycles. The molecule has 2 aromatic rings. The summed E-state index contributed by atoms with van der Waals surface area (Å²) < 4.78 is 11.2. The maximum absolute atomic E-state index is 9.94. The summed E-state index contributed by atoms with van der Waals surface area (Å²) in [6.07, 6.45) is 0.300. The monoisotopic (exact) mass is 272 g/mol. The van der Waals surface area contributed by atoms with Crippen LogP contribution in [0, 0.1) is 0 Å². The second-order valence-electron chi connectivity index (χ2n) is 4.65. The smallest absolute Gasteiger partial charge is 0.136 e. The first-order valence-electron chi connectivity index (χ1n) is 6.77. The van der Waals surface area contributed by atoms with Crippen molar-refractivity contribution < 1.29 is 14.6 Å². The Bertz CT molecular complexity index is 576. The van der Waals surface area contributed by atoms with E-state index in [0.717, 1.165) is 12.2 Å². The number of aliphatic hydroxyl groups is 1. The molecule has 3 heteroatoms. The molecule has 0 amide bonds. The Morgan fingerprint density at radius 2 is 1.80 bits per heavy atom. The molecule has 0 saturated heterocycles. The summed E-state index contributed by atoms with van der Waals surface area (Å²) in [7, 11) is 1.59. The summed E-state index contributed by atoms with van der Waals surface area (Å²) in [5, 5.41) is 9.94. The van der Waals surface area contributed by atoms with Gasteiger partial charge < -0.3 is 14.6 Å². The van der Waals surface area contributed by atoms with Crippen molar-refractivity contribution in [2.24, 2.45) is 0 Å². The highest BCUT2D eigenvalue weighted by Crippen LogP contribution is 2.36. The van der Waals surface area contributed by atoms with Crippen LogP contribution in [0.15, 0.2) is 42.5 Å². The van der Waals surface area contributed by atoms with Gasteiger partial charge in [-0.2, -0.15) is 0 Å². The van der Waals surface area contributed by atoms with Crippen LogP contribution in [-0.2, 0) is 6.42 Å². The Kier molecular flexibility index (Phi) is 4.64. The van der Waals surface area contributed by atoms with Crippen LogP contribution in [0.3, 0.4) is 0 Å². The largest absolute Gasteiger partial charge is 0.496 e. The van der Waals surface area contributed by atoms with Crippen LogP contribution in [-0.4, -0.2) is 12.2 Å². The van der Waals surface area contributed by atoms with Crippen molar-refractivity contribution in [3.63, 3.8) is 0 Å². The Morgan fingerprint density at radius 3 is 2.45 bits per heavy atom. The van der Waals surface area contributed by atoms with E-state index >= 15 is 0 Å². The van der Waals surface area contributed by atoms with Crippen molar-refractivity contribution >= 4 is 0 Å². The second kappa shape index (κ2) is 6.44. The Labute approximate surface area is 119 Å². The molecule has 3 nitrogen and oxygen atoms in total.